The fourth-order valence-electron chi connectivity index (χ4n) is 2.47. The lowest BCUT2D eigenvalue weighted by Gasteiger charge is -2.15. The molecule has 1 fully saturated rings. The van der Waals surface area contributed by atoms with Gasteiger partial charge in [-0.15, -0.1) is 11.8 Å². The van der Waals surface area contributed by atoms with E-state index in [0.717, 1.165) is 9.80 Å². The average Bonchev–Trinajstić information content (AvgIpc) is 2.81. The molecule has 2 amide bonds. The van der Waals surface area contributed by atoms with Gasteiger partial charge in [-0.05, 0) is 42.5 Å². The van der Waals surface area contributed by atoms with E-state index < -0.39 is 11.2 Å². The highest BCUT2D eigenvalue weighted by Crippen LogP contribution is 2.34. The van der Waals surface area contributed by atoms with Crippen molar-refractivity contribution in [1.82, 2.24) is 0 Å². The first-order valence-electron chi connectivity index (χ1n) is 7.18. The van der Waals surface area contributed by atoms with Gasteiger partial charge in [0.1, 0.15) is 0 Å². The highest BCUT2D eigenvalue weighted by molar-refractivity contribution is 8.00. The molecule has 0 aromatic heterocycles. The predicted molar refractivity (Wildman–Crippen MR) is 91.0 cm³/mol. The molecule has 0 saturated carbocycles. The standard InChI is InChI=1S/C17H14N2O4S/c18-11-2-1-3-13(8-11)24-14-9-15(20)19(16(14)21)12-6-4-10(5-7-12)17(22)23/h1-8,14H,9,18H2,(H,22,23). The van der Waals surface area contributed by atoms with Crippen molar-refractivity contribution in [3.05, 3.63) is 54.1 Å². The number of nitrogen functional groups attached to an aromatic ring is 1. The van der Waals surface area contributed by atoms with Crippen LogP contribution in [0.2, 0.25) is 0 Å². The van der Waals surface area contributed by atoms with Gasteiger partial charge in [-0.2, -0.15) is 0 Å². The van der Waals surface area contributed by atoms with Crippen molar-refractivity contribution in [3.63, 3.8) is 0 Å². The maximum atomic E-state index is 12.6. The van der Waals surface area contributed by atoms with Gasteiger partial charge in [-0.1, -0.05) is 6.07 Å². The first kappa shape index (κ1) is 16.1. The molecular weight excluding hydrogens is 328 g/mol. The van der Waals surface area contributed by atoms with Gasteiger partial charge in [0.2, 0.25) is 11.8 Å². The second kappa shape index (κ2) is 6.37. The quantitative estimate of drug-likeness (QED) is 0.653. The van der Waals surface area contributed by atoms with Crippen LogP contribution in [0.1, 0.15) is 16.8 Å². The van der Waals surface area contributed by atoms with Gasteiger partial charge in [0, 0.05) is 17.0 Å². The zero-order valence-electron chi connectivity index (χ0n) is 12.5. The van der Waals surface area contributed by atoms with Gasteiger partial charge in [-0.25, -0.2) is 9.69 Å². The number of amides is 2. The Bertz CT molecular complexity index is 820. The number of anilines is 2. The van der Waals surface area contributed by atoms with Crippen molar-refractivity contribution in [1.29, 1.82) is 0 Å². The van der Waals surface area contributed by atoms with Crippen molar-refractivity contribution in [2.75, 3.05) is 10.6 Å². The number of benzene rings is 2. The minimum Gasteiger partial charge on any atom is -0.478 e. The maximum absolute atomic E-state index is 12.6. The van der Waals surface area contributed by atoms with Crippen LogP contribution >= 0.6 is 11.8 Å². The summed E-state index contributed by atoms with van der Waals surface area (Å²) < 4.78 is 0. The Labute approximate surface area is 142 Å². The second-order valence-electron chi connectivity index (χ2n) is 5.30. The minimum absolute atomic E-state index is 0.0962. The summed E-state index contributed by atoms with van der Waals surface area (Å²) >= 11 is 1.30. The van der Waals surface area contributed by atoms with Crippen LogP contribution in [0.5, 0.6) is 0 Å². The summed E-state index contributed by atoms with van der Waals surface area (Å²) in [6, 6.07) is 12.8. The lowest BCUT2D eigenvalue weighted by molar-refractivity contribution is -0.121. The Kier molecular flexibility index (Phi) is 4.26. The Balaban J connectivity index is 1.80. The number of carbonyl (C=O) groups excluding carboxylic acids is 2. The first-order valence-corrected chi connectivity index (χ1v) is 8.06. The van der Waals surface area contributed by atoms with Crippen molar-refractivity contribution in [2.24, 2.45) is 0 Å². The minimum atomic E-state index is -1.06. The van der Waals surface area contributed by atoms with Crippen molar-refractivity contribution in [2.45, 2.75) is 16.6 Å². The lowest BCUT2D eigenvalue weighted by atomic mass is 10.2. The highest BCUT2D eigenvalue weighted by Gasteiger charge is 2.40. The number of thioether (sulfide) groups is 1. The van der Waals surface area contributed by atoms with Crippen LogP contribution < -0.4 is 10.6 Å². The van der Waals surface area contributed by atoms with E-state index in [1.165, 1.54) is 36.0 Å². The molecule has 6 nitrogen and oxygen atoms in total. The molecule has 0 bridgehead atoms. The summed E-state index contributed by atoms with van der Waals surface area (Å²) in [6.07, 6.45) is 0.0962. The molecule has 0 radical (unpaired) electrons. The van der Waals surface area contributed by atoms with Gasteiger partial charge in [-0.3, -0.25) is 9.59 Å². The summed E-state index contributed by atoms with van der Waals surface area (Å²) in [5.74, 6) is -1.67. The van der Waals surface area contributed by atoms with E-state index in [-0.39, 0.29) is 23.8 Å². The molecule has 1 saturated heterocycles. The second-order valence-corrected chi connectivity index (χ2v) is 6.58. The maximum Gasteiger partial charge on any atom is 0.335 e. The van der Waals surface area contributed by atoms with Gasteiger partial charge < -0.3 is 10.8 Å². The largest absolute Gasteiger partial charge is 0.478 e. The number of hydrogen-bond donors (Lipinski definition) is 2. The summed E-state index contributed by atoms with van der Waals surface area (Å²) in [4.78, 5) is 37.6. The molecule has 0 aliphatic carbocycles. The Hall–Kier alpha value is -2.80. The molecule has 0 spiro atoms. The number of rotatable bonds is 4. The molecule has 7 heteroatoms. The van der Waals surface area contributed by atoms with Gasteiger partial charge >= 0.3 is 5.97 Å². The third kappa shape index (κ3) is 3.11. The number of hydrogen-bond acceptors (Lipinski definition) is 5. The first-order chi connectivity index (χ1) is 11.5. The zero-order chi connectivity index (χ0) is 17.3. The number of aromatic carboxylic acids is 1. The molecule has 1 unspecified atom stereocenters. The number of nitrogens with two attached hydrogens (primary N) is 1. The molecule has 3 N–H and O–H groups in total. The Morgan fingerprint density at radius 2 is 1.88 bits per heavy atom. The number of carboxylic acid groups (broad SMARTS) is 1. The van der Waals surface area contributed by atoms with E-state index >= 15 is 0 Å². The molecular formula is C17H14N2O4S. The molecule has 2 aromatic carbocycles. The van der Waals surface area contributed by atoms with Gasteiger partial charge in [0.05, 0.1) is 16.5 Å². The third-order valence-electron chi connectivity index (χ3n) is 3.61. The van der Waals surface area contributed by atoms with Crippen LogP contribution in [0.4, 0.5) is 11.4 Å². The predicted octanol–water partition coefficient (Wildman–Crippen LogP) is 2.39. The summed E-state index contributed by atoms with van der Waals surface area (Å²) in [5.41, 5.74) is 6.80. The topological polar surface area (TPSA) is 101 Å². The van der Waals surface area contributed by atoms with Crippen LogP contribution in [0, 0.1) is 0 Å². The van der Waals surface area contributed by atoms with E-state index in [1.54, 1.807) is 18.2 Å². The van der Waals surface area contributed by atoms with Crippen LogP contribution in [0.15, 0.2) is 53.4 Å². The van der Waals surface area contributed by atoms with Crippen molar-refractivity contribution >= 4 is 40.9 Å². The lowest BCUT2D eigenvalue weighted by Crippen LogP contribution is -2.31. The molecule has 1 aliphatic rings. The highest BCUT2D eigenvalue weighted by atomic mass is 32.2. The van der Waals surface area contributed by atoms with E-state index in [9.17, 15) is 14.4 Å². The smallest absolute Gasteiger partial charge is 0.335 e. The SMILES string of the molecule is Nc1cccc(SC2CC(=O)N(c3ccc(C(=O)O)cc3)C2=O)c1. The summed E-state index contributed by atoms with van der Waals surface area (Å²) in [5, 5.41) is 8.40. The number of carbonyl (C=O) groups is 3. The zero-order valence-corrected chi connectivity index (χ0v) is 13.3. The van der Waals surface area contributed by atoms with E-state index in [0.29, 0.717) is 11.4 Å². The fraction of sp³-hybridized carbons (Fsp3) is 0.118. The molecule has 122 valence electrons. The van der Waals surface area contributed by atoms with E-state index in [4.69, 9.17) is 10.8 Å². The fourth-order valence-corrected chi connectivity index (χ4v) is 3.59. The van der Waals surface area contributed by atoms with Crippen LogP contribution in [-0.2, 0) is 9.59 Å². The van der Waals surface area contributed by atoms with Crippen molar-refractivity contribution < 1.29 is 19.5 Å². The molecule has 2 aromatic rings. The molecule has 24 heavy (non-hydrogen) atoms. The monoisotopic (exact) mass is 342 g/mol. The van der Waals surface area contributed by atoms with Gasteiger partial charge in [0.15, 0.2) is 0 Å². The Morgan fingerprint density at radius 1 is 1.17 bits per heavy atom. The molecule has 1 heterocycles. The normalized spacial score (nSPS) is 17.3. The van der Waals surface area contributed by atoms with Crippen LogP contribution in [0.25, 0.3) is 0 Å². The molecule has 3 rings (SSSR count). The van der Waals surface area contributed by atoms with Gasteiger partial charge in [0.25, 0.3) is 0 Å². The van der Waals surface area contributed by atoms with Crippen LogP contribution in [-0.4, -0.2) is 28.1 Å². The van der Waals surface area contributed by atoms with Crippen molar-refractivity contribution in [3.8, 4) is 0 Å². The molecule has 1 aliphatic heterocycles. The van der Waals surface area contributed by atoms with Crippen LogP contribution in [0.3, 0.4) is 0 Å². The number of nitrogens with zero attached hydrogens (tertiary/aromatic N) is 1. The van der Waals surface area contributed by atoms with E-state index in [2.05, 4.69) is 0 Å². The number of imide groups is 1. The van der Waals surface area contributed by atoms with E-state index in [1.807, 2.05) is 6.07 Å². The summed E-state index contributed by atoms with van der Waals surface area (Å²) in [6.45, 7) is 0. The third-order valence-corrected chi connectivity index (χ3v) is 4.79. The number of carboxylic acids is 1. The Morgan fingerprint density at radius 3 is 2.50 bits per heavy atom. The molecule has 1 atom stereocenters. The average molecular weight is 342 g/mol. The summed E-state index contributed by atoms with van der Waals surface area (Å²) in [7, 11) is 0.